The molecule has 0 aromatic carbocycles. The fourth-order valence-corrected chi connectivity index (χ4v) is 14.7. The molecule has 0 unspecified atom stereocenters. The van der Waals surface area contributed by atoms with E-state index in [9.17, 15) is 14.7 Å². The number of thioether (sulfide) groups is 2. The second-order valence-corrected chi connectivity index (χ2v) is 19.8. The zero-order chi connectivity index (χ0) is 35.8. The van der Waals surface area contributed by atoms with Gasteiger partial charge in [-0.25, -0.2) is 0 Å². The average Bonchev–Trinajstić information content (AvgIpc) is 3.92. The number of hydrogen-bond donors (Lipinski definition) is 1. The molecule has 1 N–H and O–H groups in total. The molecule has 0 saturated carbocycles. The molecule has 262 valence electrons. The molecule has 0 fully saturated rings. The Morgan fingerprint density at radius 3 is 1.96 bits per heavy atom. The van der Waals surface area contributed by atoms with E-state index >= 15 is 0 Å². The summed E-state index contributed by atoms with van der Waals surface area (Å²) in [6.45, 7) is 13.9. The molecule has 4 aromatic rings. The van der Waals surface area contributed by atoms with Crippen molar-refractivity contribution in [3.05, 3.63) is 72.7 Å². The molecule has 6 rings (SSSR count). The van der Waals surface area contributed by atoms with Gasteiger partial charge >= 0.3 is 200 Å². The Labute approximate surface area is 321 Å². The van der Waals surface area contributed by atoms with E-state index in [0.717, 1.165) is 61.3 Å². The number of rotatable bonds is 16. The van der Waals surface area contributed by atoms with Crippen LogP contribution >= 0.6 is 68.9 Å². The van der Waals surface area contributed by atoms with Crippen LogP contribution in [0.2, 0.25) is 0 Å². The van der Waals surface area contributed by atoms with Crippen LogP contribution < -0.4 is 0 Å². The second kappa shape index (κ2) is 15.5. The van der Waals surface area contributed by atoms with E-state index in [4.69, 9.17) is 4.74 Å². The van der Waals surface area contributed by atoms with Gasteiger partial charge in [0.05, 0.1) is 0 Å². The molecule has 11 heteroatoms. The fourth-order valence-electron chi connectivity index (χ4n) is 6.66. The molecule has 0 atom stereocenters. The number of aliphatic hydroxyl groups is 1. The summed E-state index contributed by atoms with van der Waals surface area (Å²) in [4.78, 5) is 38.2. The van der Waals surface area contributed by atoms with Crippen LogP contribution in [0.5, 0.6) is 0 Å². The van der Waals surface area contributed by atoms with Crippen molar-refractivity contribution < 1.29 is 19.4 Å². The summed E-state index contributed by atoms with van der Waals surface area (Å²) in [5.41, 5.74) is 3.69. The van der Waals surface area contributed by atoms with Crippen LogP contribution in [0.25, 0.3) is 34.8 Å². The minimum absolute atomic E-state index is 0.0231. The van der Waals surface area contributed by atoms with Crippen molar-refractivity contribution in [2.75, 3.05) is 13.2 Å². The molecule has 0 bridgehead atoms. The van der Waals surface area contributed by atoms with Crippen molar-refractivity contribution >= 4 is 98.3 Å². The molecule has 2 aliphatic heterocycles. The molecule has 4 nitrogen and oxygen atoms in total. The van der Waals surface area contributed by atoms with Gasteiger partial charge in [-0.2, -0.15) is 0 Å². The molecule has 0 aliphatic carbocycles. The Morgan fingerprint density at radius 2 is 1.36 bits per heavy atom. The summed E-state index contributed by atoms with van der Waals surface area (Å²) in [6, 6.07) is 13.3. The summed E-state index contributed by atoms with van der Waals surface area (Å²) in [5, 5.41) is 9.96. The van der Waals surface area contributed by atoms with Crippen molar-refractivity contribution in [1.82, 2.24) is 0 Å². The summed E-state index contributed by atoms with van der Waals surface area (Å²) < 4.78 is 5.54. The van der Waals surface area contributed by atoms with Gasteiger partial charge in [0.2, 0.25) is 0 Å². The Hall–Kier alpha value is -1.99. The molecule has 4 aromatic heterocycles. The average molecular weight is 779 g/mol. The van der Waals surface area contributed by atoms with Gasteiger partial charge in [0.15, 0.2) is 0 Å². The molecular weight excluding hydrogens is 736 g/mol. The molecule has 0 spiro atoms. The first-order valence-corrected chi connectivity index (χ1v) is 22.1. The van der Waals surface area contributed by atoms with Crippen LogP contribution in [-0.4, -0.2) is 42.2 Å². The van der Waals surface area contributed by atoms with Gasteiger partial charge in [-0.1, -0.05) is 48.0 Å². The van der Waals surface area contributed by atoms with Gasteiger partial charge in [-0.15, -0.1) is 11.3 Å². The SMILES string of the molecule is B=COCCc1cc(C2=C3SC(=O)C(C(C)(C)CCC)=C3SC2=O)sc1-c1ccc(-c2ccc(-c3sc(C(C)(CC)CC)cc3CCO)s2)s1. The fraction of sp³-hybridized carbons (Fsp3) is 0.410. The normalized spacial score (nSPS) is 15.2. The first-order valence-electron chi connectivity index (χ1n) is 17.2. The van der Waals surface area contributed by atoms with E-state index < -0.39 is 0 Å². The van der Waals surface area contributed by atoms with Crippen molar-refractivity contribution in [2.24, 2.45) is 5.41 Å². The van der Waals surface area contributed by atoms with Crippen LogP contribution in [0.15, 0.2) is 51.8 Å². The van der Waals surface area contributed by atoms with Crippen molar-refractivity contribution in [1.29, 1.82) is 0 Å². The standard InChI is InChI=1S/C39H43BO4S6/c1-7-16-38(4,5)31-35-34(49-37(31)43)30(36(42)50-35)28-19-23(15-18-44-21-40)32(47-28)26-12-10-24(45-26)25-11-13-27(46-25)33-22(14-17-41)20-29(48-33)39(6,8-2)9-3/h10-13,19-21,40-41H,7-9,14-18H2,1-6H3. The Kier molecular flexibility index (Phi) is 11.7. The predicted octanol–water partition coefficient (Wildman–Crippen LogP) is 11.1. The number of carbonyl (C=O) groups excluding carboxylic acids is 2. The van der Waals surface area contributed by atoms with E-state index in [2.05, 4.69) is 85.4 Å². The van der Waals surface area contributed by atoms with E-state index in [-0.39, 0.29) is 27.7 Å². The minimum atomic E-state index is -0.279. The first-order chi connectivity index (χ1) is 24.0. The van der Waals surface area contributed by atoms with Crippen LogP contribution in [0.1, 0.15) is 88.1 Å². The van der Waals surface area contributed by atoms with Crippen LogP contribution in [0.3, 0.4) is 0 Å². The maximum atomic E-state index is 13.6. The zero-order valence-corrected chi connectivity index (χ0v) is 34.4. The van der Waals surface area contributed by atoms with Gasteiger partial charge in [-0.3, -0.25) is 0 Å². The summed E-state index contributed by atoms with van der Waals surface area (Å²) in [5.74, 6) is 0. The van der Waals surface area contributed by atoms with E-state index in [1.165, 1.54) is 59.6 Å². The number of thiophene rings is 4. The monoisotopic (exact) mass is 778 g/mol. The van der Waals surface area contributed by atoms with E-state index in [0.29, 0.717) is 25.0 Å². The van der Waals surface area contributed by atoms with Crippen molar-refractivity contribution in [3.8, 4) is 29.3 Å². The summed E-state index contributed by atoms with van der Waals surface area (Å²) >= 11 is 9.56. The number of hydrogen-bond acceptors (Lipinski definition) is 10. The van der Waals surface area contributed by atoms with E-state index in [1.807, 2.05) is 11.3 Å². The van der Waals surface area contributed by atoms with Gasteiger partial charge in [0.1, 0.15) is 0 Å². The molecule has 6 heterocycles. The van der Waals surface area contributed by atoms with Crippen molar-refractivity contribution in [3.63, 3.8) is 0 Å². The predicted molar refractivity (Wildman–Crippen MR) is 224 cm³/mol. The van der Waals surface area contributed by atoms with Crippen LogP contribution in [0, 0.1) is 5.41 Å². The van der Waals surface area contributed by atoms with Crippen LogP contribution in [0.4, 0.5) is 0 Å². The Morgan fingerprint density at radius 1 is 0.760 bits per heavy atom. The van der Waals surface area contributed by atoms with Gasteiger partial charge in [0.25, 0.3) is 0 Å². The number of aliphatic hydroxyl groups excluding tert-OH is 1. The molecule has 0 saturated heterocycles. The Balaban J connectivity index is 1.35. The molecular formula is C39H43BO4S6. The second-order valence-electron chi connectivity index (χ2n) is 13.6. The third kappa shape index (κ3) is 7.17. The van der Waals surface area contributed by atoms with E-state index in [1.54, 1.807) is 34.0 Å². The van der Waals surface area contributed by atoms with Gasteiger partial charge in [0, 0.05) is 21.8 Å². The topological polar surface area (TPSA) is 63.6 Å². The first kappa shape index (κ1) is 37.8. The molecule has 0 radical (unpaired) electrons. The number of ether oxygens (including phenoxy) is 1. The third-order valence-electron chi connectivity index (χ3n) is 9.92. The summed E-state index contributed by atoms with van der Waals surface area (Å²) in [7, 11) is 3.71. The quantitative estimate of drug-likeness (QED) is 0.0903. The molecule has 50 heavy (non-hydrogen) atoms. The van der Waals surface area contributed by atoms with Crippen LogP contribution in [-0.2, 0) is 32.6 Å². The molecule has 2 aliphatic rings. The van der Waals surface area contributed by atoms with Gasteiger partial charge in [-0.05, 0) is 37.3 Å². The van der Waals surface area contributed by atoms with Crippen molar-refractivity contribution in [2.45, 2.75) is 85.5 Å². The molecule has 0 amide bonds. The number of carbonyl (C=O) groups is 2. The van der Waals surface area contributed by atoms with Gasteiger partial charge < -0.3 is 5.11 Å². The third-order valence-corrected chi connectivity index (χ3v) is 17.5. The Bertz CT molecular complexity index is 2000. The maximum absolute atomic E-state index is 13.6. The zero-order valence-electron chi connectivity index (χ0n) is 29.5. The summed E-state index contributed by atoms with van der Waals surface area (Å²) in [6.07, 6.45) is 6.85. The number of fused-ring (bicyclic) bond motifs is 1.